The van der Waals surface area contributed by atoms with Gasteiger partial charge < -0.3 is 10.2 Å². The van der Waals surface area contributed by atoms with Crippen LogP contribution < -0.4 is 0 Å². The van der Waals surface area contributed by atoms with Gasteiger partial charge in [0.1, 0.15) is 0 Å². The fourth-order valence-electron chi connectivity index (χ4n) is 3.01. The number of benzene rings is 1. The van der Waals surface area contributed by atoms with Gasteiger partial charge in [0.05, 0.1) is 40.0 Å². The summed E-state index contributed by atoms with van der Waals surface area (Å²) in [6, 6.07) is 8.26. The first-order chi connectivity index (χ1) is 10.1. The Kier molecular flexibility index (Phi) is 6.81. The van der Waals surface area contributed by atoms with Crippen molar-refractivity contribution >= 4 is 51.5 Å². The first kappa shape index (κ1) is 18.3. The summed E-state index contributed by atoms with van der Waals surface area (Å²) in [5.41, 5.74) is 0.403. The maximum absolute atomic E-state index is 10.2. The second-order valence-corrected chi connectivity index (χ2v) is 5.68. The van der Waals surface area contributed by atoms with E-state index in [4.69, 9.17) is 10.2 Å². The summed E-state index contributed by atoms with van der Waals surface area (Å²) >= 11 is 0. The number of carbonyl (C=O) groups is 1. The number of carboxylic acid groups (broad SMARTS) is 1. The molecule has 22 heavy (non-hydrogen) atoms. The number of aliphatic hydroxyl groups excluding tert-OH is 1. The summed E-state index contributed by atoms with van der Waals surface area (Å²) < 4.78 is 0. The topological polar surface area (TPSA) is 70.5 Å². The van der Waals surface area contributed by atoms with E-state index in [0.29, 0.717) is 5.56 Å². The molecule has 0 spiro atoms. The van der Waals surface area contributed by atoms with Gasteiger partial charge in [0.25, 0.3) is 0 Å². The monoisotopic (exact) mass is 382 g/mol. The molecule has 118 valence electrons. The van der Waals surface area contributed by atoms with Crippen LogP contribution >= 0.6 is 0 Å². The van der Waals surface area contributed by atoms with E-state index in [-0.39, 0.29) is 45.5 Å². The van der Waals surface area contributed by atoms with Gasteiger partial charge in [-0.3, -0.25) is 19.6 Å². The zero-order valence-corrected chi connectivity index (χ0v) is 11.8. The molecular weight excluding hydrogens is 360 g/mol. The molecule has 0 saturated carbocycles. The molecule has 5 rings (SSSR count). The first-order valence-corrected chi connectivity index (χ1v) is 6.97. The molecule has 0 aliphatic carbocycles. The van der Waals surface area contributed by atoms with Gasteiger partial charge in [0.2, 0.25) is 0 Å². The molecule has 0 radical (unpaired) electrons. The Bertz CT molecular complexity index is 446. The molecule has 1 aromatic carbocycles. The minimum atomic E-state index is -1.41. The Morgan fingerprint density at radius 1 is 0.864 bits per heavy atom. The molecule has 4 heterocycles. The normalized spacial score (nSPS) is 32.4. The Hall–Kier alpha value is -0.0295. The number of nitrogens with zero attached hydrogens (tertiary/aromatic N) is 4. The molecule has 0 amide bonds. The van der Waals surface area contributed by atoms with Crippen LogP contribution in [0, 0.1) is 0 Å². The van der Waals surface area contributed by atoms with Gasteiger partial charge in [-0.1, -0.05) is 30.3 Å². The first-order valence-electron chi connectivity index (χ1n) is 6.97. The molecule has 7 nitrogen and oxygen atoms in total. The average Bonchev–Trinajstić information content (AvgIpc) is 2.46. The van der Waals surface area contributed by atoms with Crippen molar-refractivity contribution in [1.82, 2.24) is 19.6 Å². The summed E-state index contributed by atoms with van der Waals surface area (Å²) in [4.78, 5) is 20.1. The second kappa shape index (κ2) is 8.18. The van der Waals surface area contributed by atoms with Crippen molar-refractivity contribution < 1.29 is 15.0 Å². The van der Waals surface area contributed by atoms with Crippen molar-refractivity contribution in [3.05, 3.63) is 35.9 Å². The Morgan fingerprint density at radius 3 is 1.55 bits per heavy atom. The fourth-order valence-corrected chi connectivity index (χ4v) is 3.01. The SMILES string of the molecule is C1N2CN3CN1CN(C2)C3.O=C(O)C(O)c1ccccc1.[SrH2]. The number of aliphatic hydroxyl groups is 1. The average molecular weight is 382 g/mol. The Morgan fingerprint density at radius 2 is 1.23 bits per heavy atom. The van der Waals surface area contributed by atoms with Crippen LogP contribution in [0.25, 0.3) is 0 Å². The standard InChI is InChI=1S/C8H8O3.C6H12N4.Sr.2H/c9-7(8(10)11)6-4-2-1-3-5-6;1-7-2-9-4-8(1)5-10(3-7)6-9;;;/h1-5,7,9H,(H,10,11);1-6H2;;;. The quantitative estimate of drug-likeness (QED) is 0.628. The second-order valence-electron chi connectivity index (χ2n) is 5.68. The van der Waals surface area contributed by atoms with Crippen molar-refractivity contribution in [1.29, 1.82) is 0 Å². The van der Waals surface area contributed by atoms with Gasteiger partial charge in [-0.05, 0) is 5.56 Å². The number of hydrogen-bond acceptors (Lipinski definition) is 6. The van der Waals surface area contributed by atoms with Crippen LogP contribution in [0.4, 0.5) is 0 Å². The van der Waals surface area contributed by atoms with Gasteiger partial charge in [-0.25, -0.2) is 4.79 Å². The zero-order valence-electron chi connectivity index (χ0n) is 11.8. The molecular formula is C14H22N4O3Sr. The Labute approximate surface area is 167 Å². The third-order valence-corrected chi connectivity index (χ3v) is 3.75. The van der Waals surface area contributed by atoms with Crippen LogP contribution in [0.2, 0.25) is 0 Å². The van der Waals surface area contributed by atoms with Crippen LogP contribution in [0.1, 0.15) is 11.7 Å². The number of rotatable bonds is 2. The Balaban J connectivity index is 0.000000153. The molecule has 4 bridgehead atoms. The van der Waals surface area contributed by atoms with E-state index in [1.54, 1.807) is 30.3 Å². The van der Waals surface area contributed by atoms with Crippen LogP contribution in [0.15, 0.2) is 30.3 Å². The van der Waals surface area contributed by atoms with E-state index in [9.17, 15) is 4.79 Å². The van der Waals surface area contributed by atoms with Crippen molar-refractivity contribution in [2.75, 3.05) is 40.0 Å². The molecule has 1 atom stereocenters. The number of carboxylic acids is 1. The van der Waals surface area contributed by atoms with Gasteiger partial charge in [-0.2, -0.15) is 0 Å². The van der Waals surface area contributed by atoms with Crippen LogP contribution in [-0.4, -0.2) is 121 Å². The summed E-state index contributed by atoms with van der Waals surface area (Å²) in [6.45, 7) is 7.12. The van der Waals surface area contributed by atoms with Gasteiger partial charge >= 0.3 is 51.5 Å². The van der Waals surface area contributed by atoms with Gasteiger partial charge in [0, 0.05) is 0 Å². The molecule has 1 unspecified atom stereocenters. The van der Waals surface area contributed by atoms with Crippen molar-refractivity contribution in [3.8, 4) is 0 Å². The predicted octanol–water partition coefficient (Wildman–Crippen LogP) is -1.13. The molecule has 8 heteroatoms. The van der Waals surface area contributed by atoms with Crippen molar-refractivity contribution in [2.45, 2.75) is 6.10 Å². The number of aliphatic carboxylic acids is 1. The fraction of sp³-hybridized carbons (Fsp3) is 0.500. The van der Waals surface area contributed by atoms with Crippen molar-refractivity contribution in [3.63, 3.8) is 0 Å². The summed E-state index contributed by atoms with van der Waals surface area (Å²) in [7, 11) is 0. The molecule has 4 saturated heterocycles. The molecule has 4 aliphatic heterocycles. The molecule has 0 aromatic heterocycles. The van der Waals surface area contributed by atoms with Crippen LogP contribution in [0.3, 0.4) is 0 Å². The minimum absolute atomic E-state index is 0. The summed E-state index contributed by atoms with van der Waals surface area (Å²) in [5.74, 6) is -1.23. The third-order valence-electron chi connectivity index (χ3n) is 3.75. The molecule has 2 N–H and O–H groups in total. The van der Waals surface area contributed by atoms with Gasteiger partial charge in [-0.15, -0.1) is 0 Å². The number of hydrogen-bond donors (Lipinski definition) is 2. The molecule has 4 fully saturated rings. The predicted molar refractivity (Wildman–Crippen MR) is 84.1 cm³/mol. The van der Waals surface area contributed by atoms with E-state index in [1.165, 1.54) is 40.0 Å². The van der Waals surface area contributed by atoms with Crippen LogP contribution in [-0.2, 0) is 4.79 Å². The van der Waals surface area contributed by atoms with Crippen LogP contribution in [0.5, 0.6) is 0 Å². The van der Waals surface area contributed by atoms with Gasteiger partial charge in [0.15, 0.2) is 6.10 Å². The van der Waals surface area contributed by atoms with E-state index in [0.717, 1.165) is 0 Å². The van der Waals surface area contributed by atoms with E-state index >= 15 is 0 Å². The zero-order chi connectivity index (χ0) is 14.8. The summed E-state index contributed by atoms with van der Waals surface area (Å²) in [6.07, 6.45) is -1.41. The molecule has 1 aromatic rings. The van der Waals surface area contributed by atoms with Crippen molar-refractivity contribution in [2.24, 2.45) is 0 Å². The van der Waals surface area contributed by atoms with E-state index in [1.807, 2.05) is 0 Å². The van der Waals surface area contributed by atoms with E-state index < -0.39 is 12.1 Å². The maximum atomic E-state index is 10.2. The van der Waals surface area contributed by atoms with E-state index in [2.05, 4.69) is 19.6 Å². The third kappa shape index (κ3) is 4.50. The summed E-state index contributed by atoms with van der Waals surface area (Å²) in [5, 5.41) is 17.4. The molecule has 4 aliphatic rings.